The molecule has 8 heteroatoms. The first-order chi connectivity index (χ1) is 12.8. The van der Waals surface area contributed by atoms with Gasteiger partial charge in [0.1, 0.15) is 5.75 Å². The first-order valence-electron chi connectivity index (χ1n) is 9.55. The first kappa shape index (κ1) is 21.5. The number of rotatable bonds is 8. The molecule has 2 unspecified atom stereocenters. The zero-order valence-electron chi connectivity index (χ0n) is 16.6. The molecule has 1 aliphatic heterocycles. The van der Waals surface area contributed by atoms with Crippen molar-refractivity contribution < 1.29 is 17.9 Å². The fourth-order valence-electron chi connectivity index (χ4n) is 3.20. The predicted molar refractivity (Wildman–Crippen MR) is 107 cm³/mol. The van der Waals surface area contributed by atoms with Gasteiger partial charge in [-0.05, 0) is 57.4 Å². The van der Waals surface area contributed by atoms with E-state index in [0.717, 1.165) is 6.42 Å². The molecule has 152 valence electrons. The monoisotopic (exact) mass is 397 g/mol. The van der Waals surface area contributed by atoms with Gasteiger partial charge in [0.15, 0.2) is 0 Å². The first-order valence-corrected chi connectivity index (χ1v) is 10.9. The molecule has 0 radical (unpaired) electrons. The Balaban J connectivity index is 2.16. The highest BCUT2D eigenvalue weighted by molar-refractivity contribution is 7.90. The Kier molecular flexibility index (Phi) is 7.49. The topological polar surface area (TPSA) is 79.0 Å². The van der Waals surface area contributed by atoms with E-state index in [-0.39, 0.29) is 24.4 Å². The van der Waals surface area contributed by atoms with Crippen molar-refractivity contribution in [2.24, 2.45) is 5.92 Å². The molecule has 1 aromatic rings. The molecule has 1 aliphatic rings. The summed E-state index contributed by atoms with van der Waals surface area (Å²) in [4.78, 5) is 12.5. The number of carbonyl (C=O) groups is 1. The molecule has 0 aromatic heterocycles. The molecular formula is C19H31N3O4S. The van der Waals surface area contributed by atoms with Crippen LogP contribution in [0.4, 0.5) is 5.69 Å². The Bertz CT molecular complexity index is 721. The minimum Gasteiger partial charge on any atom is -0.497 e. The molecule has 0 saturated carbocycles. The Hall–Kier alpha value is -1.80. The average Bonchev–Trinajstić information content (AvgIpc) is 2.68. The fraction of sp³-hybridized carbons (Fsp3) is 0.632. The molecule has 1 amide bonds. The number of nitrogens with one attached hydrogen (secondary N) is 1. The minimum atomic E-state index is -3.70. The van der Waals surface area contributed by atoms with Crippen LogP contribution in [-0.4, -0.2) is 51.4 Å². The van der Waals surface area contributed by atoms with E-state index >= 15 is 0 Å². The van der Waals surface area contributed by atoms with Crippen LogP contribution in [0.3, 0.4) is 0 Å². The van der Waals surface area contributed by atoms with Crippen molar-refractivity contribution in [3.63, 3.8) is 0 Å². The van der Waals surface area contributed by atoms with Gasteiger partial charge in [-0.25, -0.2) is 0 Å². The Morgan fingerprint density at radius 1 is 1.33 bits per heavy atom. The molecule has 2 atom stereocenters. The summed E-state index contributed by atoms with van der Waals surface area (Å²) in [6.07, 6.45) is 2.24. The molecule has 1 fully saturated rings. The van der Waals surface area contributed by atoms with E-state index in [1.54, 1.807) is 38.3 Å². The van der Waals surface area contributed by atoms with Crippen molar-refractivity contribution in [3.05, 3.63) is 24.3 Å². The van der Waals surface area contributed by atoms with Crippen LogP contribution in [0.2, 0.25) is 0 Å². The fourth-order valence-corrected chi connectivity index (χ4v) is 4.92. The van der Waals surface area contributed by atoms with Gasteiger partial charge in [-0.1, -0.05) is 6.92 Å². The molecular weight excluding hydrogens is 366 g/mol. The molecule has 1 aromatic carbocycles. The number of carbonyl (C=O) groups excluding carboxylic acids is 1. The van der Waals surface area contributed by atoms with Gasteiger partial charge in [-0.15, -0.1) is 0 Å². The average molecular weight is 398 g/mol. The molecule has 0 spiro atoms. The molecule has 27 heavy (non-hydrogen) atoms. The Morgan fingerprint density at radius 2 is 2.00 bits per heavy atom. The van der Waals surface area contributed by atoms with Crippen molar-refractivity contribution in [1.29, 1.82) is 0 Å². The highest BCUT2D eigenvalue weighted by atomic mass is 32.2. The van der Waals surface area contributed by atoms with E-state index in [2.05, 4.69) is 5.32 Å². The summed E-state index contributed by atoms with van der Waals surface area (Å²) in [5.74, 6) is 0.306. The van der Waals surface area contributed by atoms with Crippen LogP contribution in [0.25, 0.3) is 0 Å². The lowest BCUT2D eigenvalue weighted by Crippen LogP contribution is -2.51. The van der Waals surface area contributed by atoms with Gasteiger partial charge < -0.3 is 10.1 Å². The zero-order chi connectivity index (χ0) is 20.0. The number of methoxy groups -OCH3 is 1. The van der Waals surface area contributed by atoms with Gasteiger partial charge in [0.05, 0.1) is 18.7 Å². The van der Waals surface area contributed by atoms with Crippen molar-refractivity contribution in [2.45, 2.75) is 46.1 Å². The number of hydrogen-bond acceptors (Lipinski definition) is 4. The van der Waals surface area contributed by atoms with Crippen LogP contribution in [-0.2, 0) is 15.0 Å². The number of ether oxygens (including phenoxy) is 1. The van der Waals surface area contributed by atoms with Crippen molar-refractivity contribution in [3.8, 4) is 5.75 Å². The van der Waals surface area contributed by atoms with E-state index in [1.165, 1.54) is 8.61 Å². The molecule has 2 rings (SSSR count). The smallest absolute Gasteiger partial charge is 0.304 e. The number of anilines is 1. The summed E-state index contributed by atoms with van der Waals surface area (Å²) in [5.41, 5.74) is 0.587. The van der Waals surface area contributed by atoms with Crippen LogP contribution >= 0.6 is 0 Å². The van der Waals surface area contributed by atoms with E-state index in [9.17, 15) is 13.2 Å². The van der Waals surface area contributed by atoms with Crippen molar-refractivity contribution in [1.82, 2.24) is 9.62 Å². The lowest BCUT2D eigenvalue weighted by Gasteiger charge is -2.35. The normalized spacial score (nSPS) is 19.3. The van der Waals surface area contributed by atoms with Gasteiger partial charge in [0.2, 0.25) is 5.91 Å². The van der Waals surface area contributed by atoms with Gasteiger partial charge in [-0.2, -0.15) is 12.7 Å². The molecule has 0 aliphatic carbocycles. The SMILES string of the molecule is CCC(C)NC(=O)C1CCCN(S(=O)(=O)N(CC)c2ccc(OC)cc2)C1. The minimum absolute atomic E-state index is 0.0586. The largest absolute Gasteiger partial charge is 0.497 e. The number of hydrogen-bond donors (Lipinski definition) is 1. The summed E-state index contributed by atoms with van der Waals surface area (Å²) >= 11 is 0. The number of nitrogens with zero attached hydrogens (tertiary/aromatic N) is 2. The third kappa shape index (κ3) is 5.13. The van der Waals surface area contributed by atoms with Crippen LogP contribution in [0.5, 0.6) is 5.75 Å². The second-order valence-electron chi connectivity index (χ2n) is 6.89. The number of amides is 1. The molecule has 7 nitrogen and oxygen atoms in total. The van der Waals surface area contributed by atoms with Crippen LogP contribution in [0, 0.1) is 5.92 Å². The Labute approximate surface area is 162 Å². The highest BCUT2D eigenvalue weighted by Gasteiger charge is 2.35. The molecule has 1 saturated heterocycles. The van der Waals surface area contributed by atoms with E-state index < -0.39 is 10.2 Å². The van der Waals surface area contributed by atoms with Crippen LogP contribution in [0.15, 0.2) is 24.3 Å². The lowest BCUT2D eigenvalue weighted by molar-refractivity contribution is -0.126. The summed E-state index contributed by atoms with van der Waals surface area (Å²) in [6, 6.07) is 7.04. The standard InChI is InChI=1S/C19H31N3O4S/c1-5-15(3)20-19(23)16-8-7-13-21(14-16)27(24,25)22(6-2)17-9-11-18(26-4)12-10-17/h9-12,15-16H,5-8,13-14H2,1-4H3,(H,20,23). The van der Waals surface area contributed by atoms with E-state index in [1.807, 2.05) is 13.8 Å². The maximum Gasteiger partial charge on any atom is 0.304 e. The third-order valence-electron chi connectivity index (χ3n) is 5.01. The molecule has 1 heterocycles. The van der Waals surface area contributed by atoms with Gasteiger partial charge in [0.25, 0.3) is 0 Å². The summed E-state index contributed by atoms with van der Waals surface area (Å²) in [5, 5.41) is 2.97. The number of benzene rings is 1. The predicted octanol–water partition coefficient (Wildman–Crippen LogP) is 2.39. The lowest BCUT2D eigenvalue weighted by atomic mass is 9.98. The van der Waals surface area contributed by atoms with Crippen molar-refractivity contribution >= 4 is 21.8 Å². The van der Waals surface area contributed by atoms with Gasteiger partial charge in [-0.3, -0.25) is 9.10 Å². The van der Waals surface area contributed by atoms with Crippen molar-refractivity contribution in [2.75, 3.05) is 31.0 Å². The molecule has 1 N–H and O–H groups in total. The summed E-state index contributed by atoms with van der Waals surface area (Å²) < 4.78 is 34.4. The highest BCUT2D eigenvalue weighted by Crippen LogP contribution is 2.26. The maximum absolute atomic E-state index is 13.2. The quantitative estimate of drug-likeness (QED) is 0.731. The summed E-state index contributed by atoms with van der Waals surface area (Å²) in [6.45, 7) is 6.74. The number of piperidine rings is 1. The van der Waals surface area contributed by atoms with Gasteiger partial charge in [0, 0.05) is 25.7 Å². The molecule has 0 bridgehead atoms. The zero-order valence-corrected chi connectivity index (χ0v) is 17.5. The van der Waals surface area contributed by atoms with E-state index in [4.69, 9.17) is 4.74 Å². The van der Waals surface area contributed by atoms with E-state index in [0.29, 0.717) is 37.4 Å². The second-order valence-corrected chi connectivity index (χ2v) is 8.74. The van der Waals surface area contributed by atoms with Gasteiger partial charge >= 0.3 is 10.2 Å². The Morgan fingerprint density at radius 3 is 2.56 bits per heavy atom. The third-order valence-corrected chi connectivity index (χ3v) is 7.02. The second kappa shape index (κ2) is 9.41. The maximum atomic E-state index is 13.2. The van der Waals surface area contributed by atoms with Crippen LogP contribution < -0.4 is 14.4 Å². The summed E-state index contributed by atoms with van der Waals surface area (Å²) in [7, 11) is -2.13. The van der Waals surface area contributed by atoms with Crippen LogP contribution in [0.1, 0.15) is 40.0 Å².